The van der Waals surface area contributed by atoms with E-state index in [0.29, 0.717) is 11.6 Å². The van der Waals surface area contributed by atoms with Gasteiger partial charge in [-0.15, -0.1) is 0 Å². The van der Waals surface area contributed by atoms with Crippen LogP contribution in [0, 0.1) is 6.92 Å². The molecule has 0 aliphatic rings. The summed E-state index contributed by atoms with van der Waals surface area (Å²) in [6.45, 7) is 1.75. The third kappa shape index (κ3) is 2.25. The second-order valence-electron chi connectivity index (χ2n) is 3.99. The molecule has 2 N–H and O–H groups in total. The lowest BCUT2D eigenvalue weighted by molar-refractivity contribution is 0.259. The lowest BCUT2D eigenvalue weighted by Crippen LogP contribution is -2.27. The van der Waals surface area contributed by atoms with Crippen molar-refractivity contribution < 1.29 is 9.32 Å². The molecule has 0 fully saturated rings. The van der Waals surface area contributed by atoms with E-state index in [1.807, 2.05) is 24.3 Å². The number of anilines is 1. The number of para-hydroxylation sites is 2. The fourth-order valence-corrected chi connectivity index (χ4v) is 1.73. The summed E-state index contributed by atoms with van der Waals surface area (Å²) in [4.78, 5) is 15.9. The van der Waals surface area contributed by atoms with Crippen molar-refractivity contribution in [1.29, 1.82) is 0 Å². The summed E-state index contributed by atoms with van der Waals surface area (Å²) in [5.41, 5.74) is 4.26. The van der Waals surface area contributed by atoms with E-state index in [0.717, 1.165) is 11.0 Å². The molecular weight excluding hydrogens is 246 g/mol. The standard InChI is InChI=1S/C12H11N5O2/c1-8-6-11(16-19-8)14-12(18)15-17-7-13-9-4-2-3-5-10(9)17/h2-7H,1H3,(H2,14,15,16,18). The Balaban J connectivity index is 1.76. The van der Waals surface area contributed by atoms with E-state index >= 15 is 0 Å². The van der Waals surface area contributed by atoms with E-state index in [1.54, 1.807) is 13.0 Å². The summed E-state index contributed by atoms with van der Waals surface area (Å²) < 4.78 is 6.40. The third-order valence-corrected chi connectivity index (χ3v) is 2.55. The second-order valence-corrected chi connectivity index (χ2v) is 3.99. The molecule has 0 spiro atoms. The number of nitrogens with one attached hydrogen (secondary N) is 2. The first kappa shape index (κ1) is 11.3. The molecule has 0 atom stereocenters. The number of amides is 2. The van der Waals surface area contributed by atoms with Crippen LogP contribution in [0.4, 0.5) is 10.6 Å². The molecule has 0 saturated carbocycles. The van der Waals surface area contributed by atoms with Crippen LogP contribution in [0.2, 0.25) is 0 Å². The average Bonchev–Trinajstić information content (AvgIpc) is 2.97. The van der Waals surface area contributed by atoms with Gasteiger partial charge in [-0.1, -0.05) is 17.3 Å². The number of nitrogens with zero attached hydrogens (tertiary/aromatic N) is 3. The van der Waals surface area contributed by atoms with Gasteiger partial charge >= 0.3 is 6.03 Å². The quantitative estimate of drug-likeness (QED) is 0.736. The summed E-state index contributed by atoms with van der Waals surface area (Å²) >= 11 is 0. The normalized spacial score (nSPS) is 10.6. The Morgan fingerprint density at radius 3 is 3.00 bits per heavy atom. The van der Waals surface area contributed by atoms with Crippen LogP contribution in [0.5, 0.6) is 0 Å². The molecule has 0 saturated heterocycles. The predicted octanol–water partition coefficient (Wildman–Crippen LogP) is 2.11. The van der Waals surface area contributed by atoms with E-state index in [4.69, 9.17) is 4.52 Å². The first-order chi connectivity index (χ1) is 9.22. The number of benzene rings is 1. The zero-order chi connectivity index (χ0) is 13.2. The van der Waals surface area contributed by atoms with Gasteiger partial charge in [0, 0.05) is 6.07 Å². The van der Waals surface area contributed by atoms with Crippen LogP contribution >= 0.6 is 0 Å². The van der Waals surface area contributed by atoms with Gasteiger partial charge in [-0.25, -0.2) is 19.9 Å². The first-order valence-electron chi connectivity index (χ1n) is 5.66. The summed E-state index contributed by atoms with van der Waals surface area (Å²) in [5.74, 6) is 0.989. The smallest absolute Gasteiger partial charge is 0.339 e. The van der Waals surface area contributed by atoms with Crippen molar-refractivity contribution in [2.75, 3.05) is 10.7 Å². The maximum atomic E-state index is 11.8. The van der Waals surface area contributed by atoms with Crippen molar-refractivity contribution in [2.24, 2.45) is 0 Å². The Morgan fingerprint density at radius 1 is 1.37 bits per heavy atom. The van der Waals surface area contributed by atoms with Gasteiger partial charge in [0.2, 0.25) is 0 Å². The van der Waals surface area contributed by atoms with Crippen LogP contribution in [-0.2, 0) is 0 Å². The molecule has 2 aromatic heterocycles. The number of aryl methyl sites for hydroxylation is 1. The monoisotopic (exact) mass is 257 g/mol. The Bertz CT molecular complexity index is 730. The summed E-state index contributed by atoms with van der Waals surface area (Å²) in [5, 5.41) is 6.24. The fourth-order valence-electron chi connectivity index (χ4n) is 1.73. The van der Waals surface area contributed by atoms with Crippen LogP contribution in [0.1, 0.15) is 5.76 Å². The average molecular weight is 257 g/mol. The lowest BCUT2D eigenvalue weighted by atomic mass is 10.3. The molecule has 2 amide bonds. The molecular formula is C12H11N5O2. The summed E-state index contributed by atoms with van der Waals surface area (Å²) in [6.07, 6.45) is 1.54. The molecule has 1 aromatic carbocycles. The molecule has 7 nitrogen and oxygen atoms in total. The molecule has 3 rings (SSSR count). The van der Waals surface area contributed by atoms with Crippen molar-refractivity contribution >= 4 is 22.9 Å². The summed E-state index contributed by atoms with van der Waals surface area (Å²) in [7, 11) is 0. The van der Waals surface area contributed by atoms with Crippen LogP contribution < -0.4 is 10.7 Å². The molecule has 2 heterocycles. The zero-order valence-electron chi connectivity index (χ0n) is 10.1. The minimum absolute atomic E-state index is 0.361. The van der Waals surface area contributed by atoms with Gasteiger partial charge in [0.1, 0.15) is 12.1 Å². The van der Waals surface area contributed by atoms with E-state index in [9.17, 15) is 4.79 Å². The van der Waals surface area contributed by atoms with Crippen molar-refractivity contribution in [2.45, 2.75) is 6.92 Å². The highest BCUT2D eigenvalue weighted by Gasteiger charge is 2.08. The number of carbonyl (C=O) groups is 1. The summed E-state index contributed by atoms with van der Waals surface area (Å²) in [6, 6.07) is 8.70. The van der Waals surface area contributed by atoms with Crippen molar-refractivity contribution in [3.63, 3.8) is 0 Å². The van der Waals surface area contributed by atoms with Gasteiger partial charge in [-0.05, 0) is 19.1 Å². The Hall–Kier alpha value is -2.83. The van der Waals surface area contributed by atoms with E-state index in [2.05, 4.69) is 20.9 Å². The molecule has 0 bridgehead atoms. The van der Waals surface area contributed by atoms with Crippen LogP contribution in [0.3, 0.4) is 0 Å². The van der Waals surface area contributed by atoms with E-state index in [-0.39, 0.29) is 0 Å². The SMILES string of the molecule is Cc1cc(NC(=O)Nn2cnc3ccccc32)no1. The van der Waals surface area contributed by atoms with Crippen molar-refractivity contribution in [3.05, 3.63) is 42.4 Å². The van der Waals surface area contributed by atoms with Gasteiger partial charge in [-0.3, -0.25) is 5.32 Å². The van der Waals surface area contributed by atoms with Gasteiger partial charge in [0.05, 0.1) is 11.0 Å². The molecule has 96 valence electrons. The Labute approximate surface area is 108 Å². The van der Waals surface area contributed by atoms with Gasteiger partial charge in [-0.2, -0.15) is 0 Å². The highest BCUT2D eigenvalue weighted by atomic mass is 16.5. The van der Waals surface area contributed by atoms with Gasteiger partial charge < -0.3 is 4.52 Å². The highest BCUT2D eigenvalue weighted by molar-refractivity contribution is 5.95. The minimum atomic E-state index is -0.420. The number of fused-ring (bicyclic) bond motifs is 1. The number of urea groups is 1. The van der Waals surface area contributed by atoms with Gasteiger partial charge in [0.15, 0.2) is 5.82 Å². The third-order valence-electron chi connectivity index (χ3n) is 2.55. The topological polar surface area (TPSA) is 85.0 Å². The van der Waals surface area contributed by atoms with E-state index in [1.165, 1.54) is 11.0 Å². The second kappa shape index (κ2) is 4.45. The zero-order valence-corrected chi connectivity index (χ0v) is 10.1. The number of imidazole rings is 1. The predicted molar refractivity (Wildman–Crippen MR) is 69.4 cm³/mol. The fraction of sp³-hybridized carbons (Fsp3) is 0.0833. The van der Waals surface area contributed by atoms with Gasteiger partial charge in [0.25, 0.3) is 0 Å². The molecule has 0 unspecified atom stereocenters. The molecule has 7 heteroatoms. The minimum Gasteiger partial charge on any atom is -0.360 e. The maximum Gasteiger partial charge on any atom is 0.339 e. The molecule has 0 aliphatic carbocycles. The number of rotatable bonds is 2. The molecule has 3 aromatic rings. The largest absolute Gasteiger partial charge is 0.360 e. The van der Waals surface area contributed by atoms with Crippen LogP contribution in [-0.4, -0.2) is 20.8 Å². The molecule has 0 aliphatic heterocycles. The number of hydrogen-bond donors (Lipinski definition) is 2. The Morgan fingerprint density at radius 2 is 2.21 bits per heavy atom. The molecule has 0 radical (unpaired) electrons. The maximum absolute atomic E-state index is 11.8. The number of aromatic nitrogens is 3. The first-order valence-corrected chi connectivity index (χ1v) is 5.66. The van der Waals surface area contributed by atoms with Crippen molar-refractivity contribution in [1.82, 2.24) is 14.8 Å². The van der Waals surface area contributed by atoms with E-state index < -0.39 is 6.03 Å². The van der Waals surface area contributed by atoms with Crippen molar-refractivity contribution in [3.8, 4) is 0 Å². The number of hydrogen-bond acceptors (Lipinski definition) is 4. The van der Waals surface area contributed by atoms with Crippen LogP contribution in [0.15, 0.2) is 41.2 Å². The molecule has 19 heavy (non-hydrogen) atoms. The Kier molecular flexibility index (Phi) is 2.64. The number of carbonyl (C=O) groups excluding carboxylic acids is 1. The lowest BCUT2D eigenvalue weighted by Gasteiger charge is -2.06. The highest BCUT2D eigenvalue weighted by Crippen LogP contribution is 2.10. The van der Waals surface area contributed by atoms with Crippen LogP contribution in [0.25, 0.3) is 11.0 Å².